The van der Waals surface area contributed by atoms with Gasteiger partial charge in [-0.15, -0.1) is 0 Å². The van der Waals surface area contributed by atoms with E-state index >= 15 is 0 Å². The van der Waals surface area contributed by atoms with E-state index < -0.39 is 0 Å². The lowest BCUT2D eigenvalue weighted by Crippen LogP contribution is -2.59. The van der Waals surface area contributed by atoms with Crippen LogP contribution in [0, 0.1) is 5.41 Å². The van der Waals surface area contributed by atoms with Crippen LogP contribution < -0.4 is 5.73 Å². The fourth-order valence-electron chi connectivity index (χ4n) is 3.32. The molecule has 3 unspecified atom stereocenters. The summed E-state index contributed by atoms with van der Waals surface area (Å²) in [5, 5.41) is 0. The lowest BCUT2D eigenvalue weighted by Gasteiger charge is -2.48. The molecule has 0 radical (unpaired) electrons. The third kappa shape index (κ3) is 3.67. The van der Waals surface area contributed by atoms with E-state index in [0.29, 0.717) is 6.04 Å². The second-order valence-corrected chi connectivity index (χ2v) is 6.90. The normalized spacial score (nSPS) is 31.2. The molecule has 1 heterocycles. The molecule has 0 bridgehead atoms. The van der Waals surface area contributed by atoms with Gasteiger partial charge in [0, 0.05) is 25.7 Å². The number of piperidine rings is 1. The van der Waals surface area contributed by atoms with Crippen LogP contribution in [-0.2, 0) is 4.74 Å². The summed E-state index contributed by atoms with van der Waals surface area (Å²) in [5.74, 6) is 0. The van der Waals surface area contributed by atoms with E-state index in [1.165, 1.54) is 6.42 Å². The van der Waals surface area contributed by atoms with Crippen LogP contribution in [0.4, 0.5) is 0 Å². The molecule has 1 aliphatic heterocycles. The molecule has 3 heteroatoms. The van der Waals surface area contributed by atoms with Crippen LogP contribution in [0.25, 0.3) is 0 Å². The van der Waals surface area contributed by atoms with Crippen molar-refractivity contribution in [2.75, 3.05) is 20.2 Å². The van der Waals surface area contributed by atoms with Crippen molar-refractivity contribution in [3.63, 3.8) is 0 Å². The maximum absolute atomic E-state index is 6.20. The van der Waals surface area contributed by atoms with E-state index in [9.17, 15) is 0 Å². The molecular formula is C14H30N2O. The smallest absolute Gasteiger partial charge is 0.0777 e. The van der Waals surface area contributed by atoms with Crippen molar-refractivity contribution >= 4 is 0 Å². The van der Waals surface area contributed by atoms with Crippen molar-refractivity contribution in [3.8, 4) is 0 Å². The third-order valence-corrected chi connectivity index (χ3v) is 3.96. The largest absolute Gasteiger partial charge is 0.377 e. The highest BCUT2D eigenvalue weighted by molar-refractivity contribution is 4.95. The molecule has 0 amide bonds. The van der Waals surface area contributed by atoms with Crippen LogP contribution in [0.5, 0.6) is 0 Å². The number of methoxy groups -OCH3 is 1. The molecule has 0 aromatic carbocycles. The molecule has 0 aromatic heterocycles. The highest BCUT2D eigenvalue weighted by Crippen LogP contribution is 2.32. The van der Waals surface area contributed by atoms with Crippen LogP contribution in [0.15, 0.2) is 0 Å². The fourth-order valence-corrected chi connectivity index (χ4v) is 3.32. The zero-order chi connectivity index (χ0) is 13.3. The lowest BCUT2D eigenvalue weighted by atomic mass is 9.80. The van der Waals surface area contributed by atoms with Crippen molar-refractivity contribution in [1.29, 1.82) is 0 Å². The van der Waals surface area contributed by atoms with Gasteiger partial charge in [-0.3, -0.25) is 4.90 Å². The molecule has 2 N–H and O–H groups in total. The summed E-state index contributed by atoms with van der Waals surface area (Å²) >= 11 is 0. The summed E-state index contributed by atoms with van der Waals surface area (Å²) in [5.41, 5.74) is 6.41. The molecule has 0 saturated carbocycles. The van der Waals surface area contributed by atoms with E-state index in [4.69, 9.17) is 10.5 Å². The average Bonchev–Trinajstić information content (AvgIpc) is 2.15. The Hall–Kier alpha value is -0.120. The second kappa shape index (κ2) is 5.25. The van der Waals surface area contributed by atoms with Gasteiger partial charge in [0.05, 0.1) is 5.60 Å². The number of nitrogens with zero attached hydrogens (tertiary/aromatic N) is 1. The molecule has 17 heavy (non-hydrogen) atoms. The fraction of sp³-hybridized carbons (Fsp3) is 1.00. The summed E-state index contributed by atoms with van der Waals surface area (Å²) in [6.45, 7) is 13.3. The Morgan fingerprint density at radius 1 is 1.35 bits per heavy atom. The first-order valence-electron chi connectivity index (χ1n) is 6.74. The lowest BCUT2D eigenvalue weighted by molar-refractivity contribution is -0.0763. The minimum Gasteiger partial charge on any atom is -0.377 e. The van der Waals surface area contributed by atoms with E-state index in [1.54, 1.807) is 0 Å². The monoisotopic (exact) mass is 242 g/mol. The van der Waals surface area contributed by atoms with Gasteiger partial charge < -0.3 is 10.5 Å². The van der Waals surface area contributed by atoms with Crippen LogP contribution in [0.3, 0.4) is 0 Å². The van der Waals surface area contributed by atoms with Gasteiger partial charge in [-0.2, -0.15) is 0 Å². The molecule has 1 rings (SSSR count). The van der Waals surface area contributed by atoms with Gasteiger partial charge in [0.25, 0.3) is 0 Å². The van der Waals surface area contributed by atoms with Gasteiger partial charge in [0.15, 0.2) is 0 Å². The predicted octanol–water partition coefficient (Wildman–Crippen LogP) is 2.25. The summed E-state index contributed by atoms with van der Waals surface area (Å²) in [6.07, 6.45) is 2.35. The highest BCUT2D eigenvalue weighted by atomic mass is 16.5. The number of hydrogen-bond acceptors (Lipinski definition) is 3. The average molecular weight is 242 g/mol. The van der Waals surface area contributed by atoms with Crippen molar-refractivity contribution in [3.05, 3.63) is 0 Å². The first-order valence-corrected chi connectivity index (χ1v) is 6.74. The van der Waals surface area contributed by atoms with E-state index in [0.717, 1.165) is 19.5 Å². The third-order valence-electron chi connectivity index (χ3n) is 3.96. The number of likely N-dealkylation sites (tertiary alicyclic amines) is 1. The molecule has 3 atom stereocenters. The number of hydrogen-bond donors (Lipinski definition) is 1. The topological polar surface area (TPSA) is 38.5 Å². The minimum absolute atomic E-state index is 0.00333. The Bertz CT molecular complexity index is 247. The molecular weight excluding hydrogens is 212 g/mol. The van der Waals surface area contributed by atoms with E-state index in [2.05, 4.69) is 39.5 Å². The summed E-state index contributed by atoms with van der Waals surface area (Å²) < 4.78 is 5.67. The Morgan fingerprint density at radius 3 is 2.35 bits per heavy atom. The SMILES string of the molecule is COC1(C)CCCN(C(C(C)N)C(C)(C)C)C1. The number of rotatable bonds is 3. The number of nitrogens with two attached hydrogens (primary N) is 1. The van der Waals surface area contributed by atoms with Crippen LogP contribution >= 0.6 is 0 Å². The van der Waals surface area contributed by atoms with Gasteiger partial charge in [0.1, 0.15) is 0 Å². The Morgan fingerprint density at radius 2 is 1.94 bits per heavy atom. The van der Waals surface area contributed by atoms with Gasteiger partial charge >= 0.3 is 0 Å². The van der Waals surface area contributed by atoms with Crippen LogP contribution in [-0.4, -0.2) is 42.8 Å². The second-order valence-electron chi connectivity index (χ2n) is 6.90. The quantitative estimate of drug-likeness (QED) is 0.825. The van der Waals surface area contributed by atoms with E-state index in [1.807, 2.05) is 7.11 Å². The summed E-state index contributed by atoms with van der Waals surface area (Å²) in [4.78, 5) is 2.53. The van der Waals surface area contributed by atoms with Crippen molar-refractivity contribution in [2.24, 2.45) is 11.1 Å². The highest BCUT2D eigenvalue weighted by Gasteiger charge is 2.39. The Balaban J connectivity index is 2.82. The molecule has 1 saturated heterocycles. The van der Waals surface area contributed by atoms with Gasteiger partial charge in [-0.1, -0.05) is 20.8 Å². The zero-order valence-corrected chi connectivity index (χ0v) is 12.4. The van der Waals surface area contributed by atoms with Gasteiger partial charge in [-0.25, -0.2) is 0 Å². The molecule has 3 nitrogen and oxygen atoms in total. The van der Waals surface area contributed by atoms with Crippen molar-refractivity contribution in [2.45, 2.75) is 65.1 Å². The Kier molecular flexibility index (Phi) is 4.61. The van der Waals surface area contributed by atoms with E-state index in [-0.39, 0.29) is 17.1 Å². The van der Waals surface area contributed by atoms with Crippen molar-refractivity contribution in [1.82, 2.24) is 4.90 Å². The summed E-state index contributed by atoms with van der Waals surface area (Å²) in [6, 6.07) is 0.603. The standard InChI is InChI=1S/C14H30N2O/c1-11(15)12(13(2,3)4)16-9-7-8-14(5,10-16)17-6/h11-12H,7-10,15H2,1-6H3. The minimum atomic E-state index is -0.00333. The predicted molar refractivity (Wildman–Crippen MR) is 73.1 cm³/mol. The molecule has 0 aliphatic carbocycles. The molecule has 0 spiro atoms. The van der Waals surface area contributed by atoms with Crippen LogP contribution in [0.1, 0.15) is 47.5 Å². The summed E-state index contributed by atoms with van der Waals surface area (Å²) in [7, 11) is 1.82. The van der Waals surface area contributed by atoms with Crippen LogP contribution in [0.2, 0.25) is 0 Å². The number of ether oxygens (including phenoxy) is 1. The molecule has 1 aliphatic rings. The molecule has 1 fully saturated rings. The maximum atomic E-state index is 6.20. The first kappa shape index (κ1) is 14.9. The zero-order valence-electron chi connectivity index (χ0n) is 12.4. The van der Waals surface area contributed by atoms with Gasteiger partial charge in [0.2, 0.25) is 0 Å². The Labute approximate surface area is 107 Å². The molecule has 0 aromatic rings. The first-order chi connectivity index (χ1) is 7.69. The van der Waals surface area contributed by atoms with Crippen molar-refractivity contribution < 1.29 is 4.74 Å². The van der Waals surface area contributed by atoms with Gasteiger partial charge in [-0.05, 0) is 38.6 Å². The molecule has 102 valence electrons. The maximum Gasteiger partial charge on any atom is 0.0777 e.